The third-order valence-electron chi connectivity index (χ3n) is 7.74. The number of alkyl carbamates (subject to hydrolysis) is 1. The molecule has 0 aromatic heterocycles. The van der Waals surface area contributed by atoms with Crippen LogP contribution in [0.2, 0.25) is 0 Å². The number of benzene rings is 2. The number of primary amides is 1. The van der Waals surface area contributed by atoms with Gasteiger partial charge in [-0.1, -0.05) is 56.5 Å². The molecule has 1 aliphatic heterocycles. The lowest BCUT2D eigenvalue weighted by atomic mass is 9.80. The number of amides is 4. The quantitative estimate of drug-likeness (QED) is 0.415. The summed E-state index contributed by atoms with van der Waals surface area (Å²) in [6, 6.07) is 12.7. The zero-order valence-corrected chi connectivity index (χ0v) is 24.5. The van der Waals surface area contributed by atoms with Gasteiger partial charge in [0, 0.05) is 25.1 Å². The molecule has 4 amide bonds. The number of rotatable bonds is 9. The molecule has 1 saturated carbocycles. The fourth-order valence-electron chi connectivity index (χ4n) is 5.66. The highest BCUT2D eigenvalue weighted by Crippen LogP contribution is 2.31. The molecule has 1 heterocycles. The number of nitrogens with one attached hydrogen (secondary N) is 2. The lowest BCUT2D eigenvalue weighted by Gasteiger charge is -2.37. The Balaban J connectivity index is 1.45. The van der Waals surface area contributed by atoms with Gasteiger partial charge in [0.05, 0.1) is 0 Å². The van der Waals surface area contributed by atoms with Gasteiger partial charge in [-0.3, -0.25) is 14.4 Å². The molecule has 0 saturated heterocycles. The molecule has 4 rings (SSSR count). The number of fused-ring (bicyclic) bond motifs is 1. The Morgan fingerprint density at radius 3 is 2.29 bits per heavy atom. The number of nitrogens with zero attached hydrogens (tertiary/aromatic N) is 1. The van der Waals surface area contributed by atoms with E-state index in [0.29, 0.717) is 19.4 Å². The van der Waals surface area contributed by atoms with Crippen molar-refractivity contribution in [3.63, 3.8) is 0 Å². The molecule has 220 valence electrons. The van der Waals surface area contributed by atoms with Crippen molar-refractivity contribution in [2.45, 2.75) is 96.4 Å². The van der Waals surface area contributed by atoms with Crippen LogP contribution in [0.1, 0.15) is 87.7 Å². The first-order chi connectivity index (χ1) is 19.4. The predicted octanol–water partition coefficient (Wildman–Crippen LogP) is 4.46. The van der Waals surface area contributed by atoms with Crippen molar-refractivity contribution in [1.82, 2.24) is 15.5 Å². The minimum atomic E-state index is -1.15. The summed E-state index contributed by atoms with van der Waals surface area (Å²) in [5.41, 5.74) is 8.47. The van der Waals surface area contributed by atoms with Gasteiger partial charge in [-0.25, -0.2) is 4.79 Å². The van der Waals surface area contributed by atoms with E-state index in [1.54, 1.807) is 20.8 Å². The molecule has 4 N–H and O–H groups in total. The number of carbonyl (C=O) groups excluding carboxylic acids is 4. The molecule has 1 aliphatic carbocycles. The number of carbonyl (C=O) groups is 4. The number of hydrogen-bond acceptors (Lipinski definition) is 5. The van der Waals surface area contributed by atoms with Gasteiger partial charge < -0.3 is 26.0 Å². The summed E-state index contributed by atoms with van der Waals surface area (Å²) in [5.74, 6) is -0.988. The van der Waals surface area contributed by atoms with Crippen LogP contribution >= 0.6 is 0 Å². The van der Waals surface area contributed by atoms with E-state index in [2.05, 4.69) is 23.6 Å². The normalized spacial score (nSPS) is 17.0. The molecule has 1 fully saturated rings. The molecule has 2 aromatic rings. The Labute approximate surface area is 242 Å². The number of ether oxygens (including phenoxy) is 1. The maximum absolute atomic E-state index is 13.5. The summed E-state index contributed by atoms with van der Waals surface area (Å²) in [4.78, 5) is 53.0. The minimum Gasteiger partial charge on any atom is -0.444 e. The maximum atomic E-state index is 13.5. The van der Waals surface area contributed by atoms with Crippen LogP contribution in [-0.2, 0) is 27.3 Å². The first kappa shape index (κ1) is 30.1. The van der Waals surface area contributed by atoms with Crippen molar-refractivity contribution < 1.29 is 23.9 Å². The molecule has 9 heteroatoms. The smallest absolute Gasteiger partial charge is 0.408 e. The van der Waals surface area contributed by atoms with E-state index in [0.717, 1.165) is 60.0 Å². The number of nitrogens with two attached hydrogens (primary N) is 1. The third kappa shape index (κ3) is 7.26. The fourth-order valence-corrected chi connectivity index (χ4v) is 5.66. The van der Waals surface area contributed by atoms with E-state index in [1.165, 1.54) is 0 Å². The van der Waals surface area contributed by atoms with Gasteiger partial charge in [0.25, 0.3) is 5.91 Å². The highest BCUT2D eigenvalue weighted by molar-refractivity contribution is 5.99. The zero-order valence-electron chi connectivity index (χ0n) is 24.5. The summed E-state index contributed by atoms with van der Waals surface area (Å²) in [6.45, 7) is 8.72. The first-order valence-electron chi connectivity index (χ1n) is 14.5. The summed E-state index contributed by atoms with van der Waals surface area (Å²) in [5, 5.41) is 5.62. The molecule has 2 aromatic carbocycles. The van der Waals surface area contributed by atoms with Gasteiger partial charge in [0.15, 0.2) is 0 Å². The van der Waals surface area contributed by atoms with E-state index in [1.807, 2.05) is 41.3 Å². The van der Waals surface area contributed by atoms with E-state index < -0.39 is 35.1 Å². The van der Waals surface area contributed by atoms with Crippen molar-refractivity contribution in [3.05, 3.63) is 59.2 Å². The molecule has 0 spiro atoms. The Morgan fingerprint density at radius 1 is 1.02 bits per heavy atom. The monoisotopic (exact) mass is 562 g/mol. The molecule has 2 aliphatic rings. The van der Waals surface area contributed by atoms with Gasteiger partial charge >= 0.3 is 6.09 Å². The SMILES string of the molecule is CCCN1Cc2cc(-c3ccc(CC(NC(=O)C4(NC(=O)OC(C)(C)C)CCCCC4)C(N)=O)cc3)ccc2C1=O. The Hall–Kier alpha value is -3.88. The molecule has 9 nitrogen and oxygen atoms in total. The highest BCUT2D eigenvalue weighted by atomic mass is 16.6. The first-order valence-corrected chi connectivity index (χ1v) is 14.5. The Morgan fingerprint density at radius 2 is 1.68 bits per heavy atom. The van der Waals surface area contributed by atoms with Crippen LogP contribution in [0.3, 0.4) is 0 Å². The van der Waals surface area contributed by atoms with Gasteiger partial charge in [-0.15, -0.1) is 0 Å². The molecular formula is C32H42N4O5. The van der Waals surface area contributed by atoms with Gasteiger partial charge in [0.1, 0.15) is 17.2 Å². The topological polar surface area (TPSA) is 131 Å². The van der Waals surface area contributed by atoms with Crippen molar-refractivity contribution in [3.8, 4) is 11.1 Å². The fraction of sp³-hybridized carbons (Fsp3) is 0.500. The average Bonchev–Trinajstić information content (AvgIpc) is 3.22. The molecule has 41 heavy (non-hydrogen) atoms. The van der Waals surface area contributed by atoms with Crippen LogP contribution in [0.5, 0.6) is 0 Å². The van der Waals surface area contributed by atoms with Crippen molar-refractivity contribution in [2.75, 3.05) is 6.54 Å². The van der Waals surface area contributed by atoms with Crippen LogP contribution in [0.25, 0.3) is 11.1 Å². The highest BCUT2D eigenvalue weighted by Gasteiger charge is 2.43. The minimum absolute atomic E-state index is 0.0830. The molecule has 0 bridgehead atoms. The van der Waals surface area contributed by atoms with Gasteiger partial charge in [-0.05, 0) is 74.4 Å². The lowest BCUT2D eigenvalue weighted by Crippen LogP contribution is -2.63. The predicted molar refractivity (Wildman–Crippen MR) is 157 cm³/mol. The summed E-state index contributed by atoms with van der Waals surface area (Å²) < 4.78 is 5.42. The third-order valence-corrected chi connectivity index (χ3v) is 7.74. The summed E-state index contributed by atoms with van der Waals surface area (Å²) >= 11 is 0. The summed E-state index contributed by atoms with van der Waals surface area (Å²) in [7, 11) is 0. The van der Waals surface area contributed by atoms with E-state index in [-0.39, 0.29) is 12.3 Å². The van der Waals surface area contributed by atoms with Crippen LogP contribution < -0.4 is 16.4 Å². The van der Waals surface area contributed by atoms with E-state index >= 15 is 0 Å². The summed E-state index contributed by atoms with van der Waals surface area (Å²) in [6.07, 6.45) is 3.92. The Kier molecular flexibility index (Phi) is 9.05. The molecule has 0 radical (unpaired) electrons. The second-order valence-electron chi connectivity index (χ2n) is 12.2. The lowest BCUT2D eigenvalue weighted by molar-refractivity contribution is -0.133. The van der Waals surface area contributed by atoms with Gasteiger partial charge in [0.2, 0.25) is 11.8 Å². The molecule has 1 atom stereocenters. The van der Waals surface area contributed by atoms with Gasteiger partial charge in [-0.2, -0.15) is 0 Å². The van der Waals surface area contributed by atoms with Crippen LogP contribution in [-0.4, -0.2) is 52.4 Å². The van der Waals surface area contributed by atoms with Crippen LogP contribution in [0, 0.1) is 0 Å². The largest absolute Gasteiger partial charge is 0.444 e. The van der Waals surface area contributed by atoms with Crippen molar-refractivity contribution in [2.24, 2.45) is 5.73 Å². The second kappa shape index (κ2) is 12.3. The van der Waals surface area contributed by atoms with Crippen molar-refractivity contribution >= 4 is 23.8 Å². The second-order valence-corrected chi connectivity index (χ2v) is 12.2. The van der Waals surface area contributed by atoms with Crippen molar-refractivity contribution in [1.29, 1.82) is 0 Å². The van der Waals surface area contributed by atoms with E-state index in [4.69, 9.17) is 10.5 Å². The maximum Gasteiger partial charge on any atom is 0.408 e. The van der Waals surface area contributed by atoms with Crippen LogP contribution in [0.4, 0.5) is 4.79 Å². The van der Waals surface area contributed by atoms with Crippen LogP contribution in [0.15, 0.2) is 42.5 Å². The standard InChI is InChI=1S/C32H42N4O5/c1-5-17-36-20-24-19-23(13-14-25(24)28(36)38)22-11-9-21(10-12-22)18-26(27(33)37)34-29(39)32(15-7-6-8-16-32)35-30(40)41-31(2,3)4/h9-14,19,26H,5-8,15-18,20H2,1-4H3,(H2,33,37)(H,34,39)(H,35,40). The molecule has 1 unspecified atom stereocenters. The zero-order chi connectivity index (χ0) is 29.8. The number of hydrogen-bond donors (Lipinski definition) is 3. The Bertz CT molecular complexity index is 1290. The van der Waals surface area contributed by atoms with E-state index in [9.17, 15) is 19.2 Å². The average molecular weight is 563 g/mol. The molecular weight excluding hydrogens is 520 g/mol.